The molecule has 0 bridgehead atoms. The summed E-state index contributed by atoms with van der Waals surface area (Å²) in [6.45, 7) is 3.30. The molecular weight excluding hydrogens is 368 g/mol. The summed E-state index contributed by atoms with van der Waals surface area (Å²) in [5.74, 6) is -3.43. The molecule has 0 heterocycles. The normalized spacial score (nSPS) is 11.0. The minimum atomic E-state index is -1.45. The molecule has 1 atom stereocenters. The first-order valence-electron chi connectivity index (χ1n) is 8.26. The number of nitrogens with two attached hydrogens (primary N) is 1. The molecule has 0 saturated heterocycles. The van der Waals surface area contributed by atoms with Crippen LogP contribution < -0.4 is 16.4 Å². The molecule has 10 heteroatoms. The summed E-state index contributed by atoms with van der Waals surface area (Å²) < 4.78 is 4.68. The number of hydrogen-bond donors (Lipinski definition) is 5. The van der Waals surface area contributed by atoms with Gasteiger partial charge in [-0.15, -0.1) is 0 Å². The number of carbonyl (C=O) groups is 4. The first-order valence-corrected chi connectivity index (χ1v) is 8.26. The van der Waals surface area contributed by atoms with Gasteiger partial charge >= 0.3 is 11.9 Å². The Labute approximate surface area is 161 Å². The van der Waals surface area contributed by atoms with Crippen LogP contribution in [-0.2, 0) is 23.9 Å². The highest BCUT2D eigenvalue weighted by Gasteiger charge is 2.24. The van der Waals surface area contributed by atoms with Gasteiger partial charge in [-0.05, 0) is 24.3 Å². The first-order chi connectivity index (χ1) is 13.2. The molecule has 0 fully saturated rings. The predicted molar refractivity (Wildman–Crippen MR) is 101 cm³/mol. The zero-order chi connectivity index (χ0) is 21.1. The third-order valence-corrected chi connectivity index (χ3v) is 3.43. The second-order valence-corrected chi connectivity index (χ2v) is 5.67. The van der Waals surface area contributed by atoms with Gasteiger partial charge in [-0.2, -0.15) is 0 Å². The van der Waals surface area contributed by atoms with E-state index in [1.807, 2.05) is 0 Å². The van der Waals surface area contributed by atoms with Crippen molar-refractivity contribution >= 4 is 35.3 Å². The number of amidine groups is 1. The topological polar surface area (TPSA) is 172 Å². The Kier molecular flexibility index (Phi) is 8.87. The number of nitrogens with one attached hydrogen (secondary N) is 3. The number of anilines is 1. The number of amides is 2. The van der Waals surface area contributed by atoms with Crippen LogP contribution in [0.25, 0.3) is 0 Å². The van der Waals surface area contributed by atoms with Gasteiger partial charge in [0.15, 0.2) is 0 Å². The molecule has 6 N–H and O–H groups in total. The molecule has 0 aromatic heterocycles. The van der Waals surface area contributed by atoms with Crippen molar-refractivity contribution < 1.29 is 29.0 Å². The number of carbonyl (C=O) groups excluding carboxylic acids is 3. The van der Waals surface area contributed by atoms with E-state index in [9.17, 15) is 19.2 Å². The second kappa shape index (κ2) is 11.1. The van der Waals surface area contributed by atoms with E-state index in [0.29, 0.717) is 11.3 Å². The van der Waals surface area contributed by atoms with E-state index >= 15 is 0 Å². The molecule has 1 rings (SSSR count). The van der Waals surface area contributed by atoms with Crippen molar-refractivity contribution in [2.75, 3.05) is 11.9 Å². The minimum Gasteiger partial charge on any atom is -0.480 e. The van der Waals surface area contributed by atoms with Crippen molar-refractivity contribution in [3.05, 3.63) is 42.5 Å². The number of ether oxygens (including phenoxy) is 1. The van der Waals surface area contributed by atoms with Crippen LogP contribution in [-0.4, -0.2) is 47.3 Å². The van der Waals surface area contributed by atoms with Gasteiger partial charge in [0.25, 0.3) is 0 Å². The number of hydrogen-bond acceptors (Lipinski definition) is 6. The lowest BCUT2D eigenvalue weighted by Gasteiger charge is -2.13. The summed E-state index contributed by atoms with van der Waals surface area (Å²) in [6, 6.07) is 4.79. The van der Waals surface area contributed by atoms with E-state index in [4.69, 9.17) is 16.2 Å². The van der Waals surface area contributed by atoms with E-state index < -0.39 is 36.2 Å². The van der Waals surface area contributed by atoms with Gasteiger partial charge in [0.1, 0.15) is 18.5 Å². The molecule has 150 valence electrons. The van der Waals surface area contributed by atoms with Crippen molar-refractivity contribution in [3.8, 4) is 0 Å². The van der Waals surface area contributed by atoms with E-state index in [1.165, 1.54) is 6.08 Å². The molecule has 0 aliphatic rings. The molecule has 0 radical (unpaired) electrons. The Morgan fingerprint density at radius 2 is 1.79 bits per heavy atom. The van der Waals surface area contributed by atoms with Crippen LogP contribution in [0.1, 0.15) is 24.8 Å². The quantitative estimate of drug-likeness (QED) is 0.157. The summed E-state index contributed by atoms with van der Waals surface area (Å²) in [7, 11) is 0. The Hall–Kier alpha value is -3.69. The van der Waals surface area contributed by atoms with Crippen LogP contribution in [0.15, 0.2) is 36.9 Å². The van der Waals surface area contributed by atoms with Crippen LogP contribution >= 0.6 is 0 Å². The van der Waals surface area contributed by atoms with Crippen LogP contribution in [0.2, 0.25) is 0 Å². The van der Waals surface area contributed by atoms with Gasteiger partial charge in [-0.25, -0.2) is 4.79 Å². The van der Waals surface area contributed by atoms with Crippen LogP contribution in [0.3, 0.4) is 0 Å². The minimum absolute atomic E-state index is 0.0628. The molecule has 0 aliphatic carbocycles. The van der Waals surface area contributed by atoms with Gasteiger partial charge in [0, 0.05) is 24.1 Å². The maximum Gasteiger partial charge on any atom is 0.326 e. The van der Waals surface area contributed by atoms with Crippen LogP contribution in [0.5, 0.6) is 0 Å². The summed E-state index contributed by atoms with van der Waals surface area (Å²) >= 11 is 0. The molecule has 0 saturated carbocycles. The summed E-state index contributed by atoms with van der Waals surface area (Å²) in [5, 5.41) is 21.1. The van der Waals surface area contributed by atoms with Gasteiger partial charge in [0.05, 0.1) is 6.42 Å². The molecule has 1 aromatic rings. The summed E-state index contributed by atoms with van der Waals surface area (Å²) in [5.41, 5.74) is 6.30. The largest absolute Gasteiger partial charge is 0.480 e. The average Bonchev–Trinajstić information content (AvgIpc) is 2.64. The Morgan fingerprint density at radius 3 is 2.32 bits per heavy atom. The number of carboxylic acids is 1. The molecule has 0 unspecified atom stereocenters. The average molecular weight is 390 g/mol. The summed E-state index contributed by atoms with van der Waals surface area (Å²) in [6.07, 6.45) is 0.346. The smallest absolute Gasteiger partial charge is 0.326 e. The van der Waals surface area contributed by atoms with Gasteiger partial charge in [-0.3, -0.25) is 19.8 Å². The molecular formula is C18H22N4O6. The van der Waals surface area contributed by atoms with Crippen molar-refractivity contribution in [2.45, 2.75) is 25.3 Å². The van der Waals surface area contributed by atoms with E-state index in [0.717, 1.165) is 0 Å². The van der Waals surface area contributed by atoms with Gasteiger partial charge < -0.3 is 26.2 Å². The monoisotopic (exact) mass is 390 g/mol. The fraction of sp³-hybridized carbons (Fsp3) is 0.278. The van der Waals surface area contributed by atoms with E-state index in [2.05, 4.69) is 21.9 Å². The summed E-state index contributed by atoms with van der Waals surface area (Å²) in [4.78, 5) is 46.4. The Balaban J connectivity index is 2.47. The molecule has 0 aliphatic heterocycles. The van der Waals surface area contributed by atoms with E-state index in [-0.39, 0.29) is 25.3 Å². The zero-order valence-electron chi connectivity index (χ0n) is 15.1. The van der Waals surface area contributed by atoms with Crippen LogP contribution in [0, 0.1) is 5.41 Å². The molecule has 28 heavy (non-hydrogen) atoms. The van der Waals surface area contributed by atoms with Crippen molar-refractivity contribution in [3.63, 3.8) is 0 Å². The highest BCUT2D eigenvalue weighted by molar-refractivity contribution is 5.97. The van der Waals surface area contributed by atoms with E-state index in [1.54, 1.807) is 24.3 Å². The molecule has 0 spiro atoms. The maximum atomic E-state index is 11.9. The zero-order valence-corrected chi connectivity index (χ0v) is 15.1. The third kappa shape index (κ3) is 8.13. The van der Waals surface area contributed by atoms with Gasteiger partial charge in [0.2, 0.25) is 11.8 Å². The lowest BCUT2D eigenvalue weighted by molar-refractivity contribution is -0.149. The molecule has 10 nitrogen and oxygen atoms in total. The van der Waals surface area contributed by atoms with Crippen molar-refractivity contribution in [2.24, 2.45) is 5.73 Å². The molecule has 2 amide bonds. The third-order valence-electron chi connectivity index (χ3n) is 3.43. The van der Waals surface area contributed by atoms with Crippen molar-refractivity contribution in [1.29, 1.82) is 5.41 Å². The standard InChI is InChI=1S/C18H22N4O6/c1-2-9-28-16(25)10-13(18(26)27)22-15(24)8-7-14(23)21-12-5-3-11(4-6-12)17(19)20/h2-6,13H,1,7-10H2,(H3,19,20)(H,21,23)(H,22,24)(H,26,27)/t13-/m0/s1. The number of esters is 1. The second-order valence-electron chi connectivity index (χ2n) is 5.67. The highest BCUT2D eigenvalue weighted by Crippen LogP contribution is 2.10. The maximum absolute atomic E-state index is 11.9. The predicted octanol–water partition coefficient (Wildman–Crippen LogP) is 0.378. The molecule has 1 aromatic carbocycles. The van der Waals surface area contributed by atoms with Crippen molar-refractivity contribution in [1.82, 2.24) is 5.32 Å². The SMILES string of the molecule is C=CCOC(=O)C[C@H](NC(=O)CCC(=O)Nc1ccc(C(=N)N)cc1)C(=O)O. The Bertz CT molecular complexity index is 760. The van der Waals surface area contributed by atoms with Crippen LogP contribution in [0.4, 0.5) is 5.69 Å². The first kappa shape index (κ1) is 22.4. The fourth-order valence-corrected chi connectivity index (χ4v) is 2.03. The highest BCUT2D eigenvalue weighted by atomic mass is 16.5. The fourth-order valence-electron chi connectivity index (χ4n) is 2.03. The number of aliphatic carboxylic acids is 1. The lowest BCUT2D eigenvalue weighted by Crippen LogP contribution is -2.42. The number of nitrogen functional groups attached to an aromatic ring is 1. The van der Waals surface area contributed by atoms with Gasteiger partial charge in [-0.1, -0.05) is 12.7 Å². The number of benzene rings is 1. The lowest BCUT2D eigenvalue weighted by atomic mass is 10.1. The number of carboxylic acid groups (broad SMARTS) is 1. The number of rotatable bonds is 11. The Morgan fingerprint density at radius 1 is 1.18 bits per heavy atom.